The molecule has 0 radical (unpaired) electrons. The summed E-state index contributed by atoms with van der Waals surface area (Å²) in [5.74, 6) is -2.29. The first kappa shape index (κ1) is 87.9. The Labute approximate surface area is 572 Å². The molecule has 0 saturated heterocycles. The molecule has 0 spiro atoms. The average molecular weight is 1290 g/mol. The van der Waals surface area contributed by atoms with Crippen LogP contribution >= 0.6 is 0 Å². The second kappa shape index (κ2) is 72.7. The molecule has 0 bridgehead atoms. The van der Waals surface area contributed by atoms with Gasteiger partial charge in [0.15, 0.2) is 12.4 Å². The average Bonchev–Trinajstić information content (AvgIpc) is 3.38. The standard InChI is InChI=1S/C84H139NO8/c1-6-8-10-12-14-16-18-20-22-24-26-28-30-32-34-36-38-39-40-41-42-43-45-46-48-50-52-54-56-58-60-62-64-66-68-70-72-74-81(86)91-78-80(79-92-84(83(88)89)90-77-76-85(3,4)5)93-82(87)75-73-71-69-67-65-63-61-59-57-55-53-51-49-47-44-37-35-33-31-29-27-25-23-21-19-17-15-13-11-9-7-2/h8-11,14-17,20-23,26-29,32-35,38-39,44,47,51,53,80,84H,6-7,12-13,18-19,24-25,30-31,36-37,40-43,45-46,48-50,52,54-79H2,1-5H3/b10-8-,11-9-,16-14-,17-15-,22-20-,23-21-,28-26-,29-27-,34-32-,35-33-,39-38-,47-44-,53-51-. The number of rotatable bonds is 68. The molecule has 9 nitrogen and oxygen atoms in total. The number of nitrogens with zero attached hydrogens (tertiary/aromatic N) is 1. The van der Waals surface area contributed by atoms with E-state index in [1.165, 1.54) is 135 Å². The lowest BCUT2D eigenvalue weighted by atomic mass is 10.0. The Hall–Kier alpha value is -5.09. The highest BCUT2D eigenvalue weighted by Crippen LogP contribution is 2.17. The molecule has 9 heteroatoms. The van der Waals surface area contributed by atoms with Crippen LogP contribution in [0.3, 0.4) is 0 Å². The number of carboxylic acid groups (broad SMARTS) is 1. The number of hydrogen-bond acceptors (Lipinski definition) is 8. The van der Waals surface area contributed by atoms with Crippen LogP contribution < -0.4 is 5.11 Å². The molecule has 2 atom stereocenters. The van der Waals surface area contributed by atoms with Crippen molar-refractivity contribution >= 4 is 17.9 Å². The van der Waals surface area contributed by atoms with Crippen LogP contribution in [-0.4, -0.2) is 82.3 Å². The number of esters is 2. The molecule has 0 N–H and O–H groups in total. The van der Waals surface area contributed by atoms with Crippen LogP contribution in [0, 0.1) is 0 Å². The molecule has 0 heterocycles. The summed E-state index contributed by atoms with van der Waals surface area (Å²) in [5, 5.41) is 11.8. The molecule has 0 saturated carbocycles. The van der Waals surface area contributed by atoms with Crippen molar-refractivity contribution in [3.63, 3.8) is 0 Å². The highest BCUT2D eigenvalue weighted by Gasteiger charge is 2.22. The fourth-order valence-corrected chi connectivity index (χ4v) is 10.1. The maximum atomic E-state index is 13.0. The van der Waals surface area contributed by atoms with E-state index >= 15 is 0 Å². The maximum absolute atomic E-state index is 13.0. The number of carbonyl (C=O) groups excluding carboxylic acids is 3. The van der Waals surface area contributed by atoms with Crippen LogP contribution in [0.4, 0.5) is 0 Å². The van der Waals surface area contributed by atoms with E-state index in [-0.39, 0.29) is 38.6 Å². The summed E-state index contributed by atoms with van der Waals surface area (Å²) in [6.07, 6.45) is 105. The number of quaternary nitrogens is 1. The molecule has 0 aromatic rings. The van der Waals surface area contributed by atoms with E-state index in [1.54, 1.807) is 0 Å². The third kappa shape index (κ3) is 74.2. The molecule has 528 valence electrons. The van der Waals surface area contributed by atoms with E-state index < -0.39 is 24.3 Å². The van der Waals surface area contributed by atoms with E-state index in [0.717, 1.165) is 128 Å². The number of aliphatic carboxylic acids is 1. The van der Waals surface area contributed by atoms with Crippen molar-refractivity contribution in [3.05, 3.63) is 158 Å². The van der Waals surface area contributed by atoms with Gasteiger partial charge in [-0.2, -0.15) is 0 Å². The number of carboxylic acids is 1. The molecule has 0 amide bonds. The number of allylic oxidation sites excluding steroid dienone is 26. The van der Waals surface area contributed by atoms with Gasteiger partial charge in [0.05, 0.1) is 40.3 Å². The van der Waals surface area contributed by atoms with Crippen LogP contribution in [0.5, 0.6) is 0 Å². The van der Waals surface area contributed by atoms with E-state index in [4.69, 9.17) is 18.9 Å². The zero-order valence-electron chi connectivity index (χ0n) is 60.3. The van der Waals surface area contributed by atoms with Crippen molar-refractivity contribution in [1.82, 2.24) is 0 Å². The quantitative estimate of drug-likeness (QED) is 0.0195. The van der Waals surface area contributed by atoms with Gasteiger partial charge in [0.25, 0.3) is 0 Å². The molecule has 0 aromatic carbocycles. The van der Waals surface area contributed by atoms with Crippen LogP contribution in [0.1, 0.15) is 296 Å². The van der Waals surface area contributed by atoms with Crippen molar-refractivity contribution in [3.8, 4) is 0 Å². The van der Waals surface area contributed by atoms with Crippen molar-refractivity contribution < 1.29 is 42.9 Å². The van der Waals surface area contributed by atoms with Crippen molar-refractivity contribution in [2.45, 2.75) is 309 Å². The molecule has 93 heavy (non-hydrogen) atoms. The summed E-state index contributed by atoms with van der Waals surface area (Å²) < 4.78 is 22.8. The van der Waals surface area contributed by atoms with E-state index in [0.29, 0.717) is 17.4 Å². The summed E-state index contributed by atoms with van der Waals surface area (Å²) in [5.41, 5.74) is 0. The molecule has 0 aliphatic carbocycles. The van der Waals surface area contributed by atoms with Crippen LogP contribution in [0.25, 0.3) is 0 Å². The summed E-state index contributed by atoms with van der Waals surface area (Å²) in [7, 11) is 5.93. The zero-order valence-corrected chi connectivity index (χ0v) is 60.3. The number of carbonyl (C=O) groups is 3. The SMILES string of the molecule is CC/C=C\C/C=C\C/C=C\C/C=C\C/C=C\C/C=C\C/C=C\CCCCCCCCCCCC(=O)OC(COC(=O)CCCCCCCCCCCCCCCCCCCC/C=C\C/C=C\C/C=C\C/C=C\C/C=C\C/C=C\CC)COC(OCC[N+](C)(C)C)C(=O)[O-]. The number of ether oxygens (including phenoxy) is 4. The van der Waals surface area contributed by atoms with E-state index in [2.05, 4.69) is 172 Å². The van der Waals surface area contributed by atoms with Crippen molar-refractivity contribution in [1.29, 1.82) is 0 Å². The highest BCUT2D eigenvalue weighted by molar-refractivity contribution is 5.70. The molecule has 2 unspecified atom stereocenters. The normalized spacial score (nSPS) is 13.6. The smallest absolute Gasteiger partial charge is 0.306 e. The second-order valence-electron chi connectivity index (χ2n) is 25.8. The molecule has 0 aliphatic heterocycles. The minimum Gasteiger partial charge on any atom is -0.545 e. The molecule has 0 aromatic heterocycles. The lowest BCUT2D eigenvalue weighted by Gasteiger charge is -2.26. The predicted molar refractivity (Wildman–Crippen MR) is 398 cm³/mol. The van der Waals surface area contributed by atoms with Gasteiger partial charge in [-0.15, -0.1) is 0 Å². The number of unbranched alkanes of at least 4 members (excludes halogenated alkanes) is 27. The number of hydrogen-bond donors (Lipinski definition) is 0. The Morgan fingerprint density at radius 2 is 0.581 bits per heavy atom. The Kier molecular flexibility index (Phi) is 68.8. The first-order chi connectivity index (χ1) is 45.6. The van der Waals surface area contributed by atoms with Gasteiger partial charge >= 0.3 is 11.9 Å². The van der Waals surface area contributed by atoms with Crippen molar-refractivity contribution in [2.24, 2.45) is 0 Å². The molecular formula is C84H139NO8. The Balaban J connectivity index is 4.10. The van der Waals surface area contributed by atoms with Gasteiger partial charge in [-0.05, 0) is 122 Å². The van der Waals surface area contributed by atoms with Crippen LogP contribution in [0.15, 0.2) is 158 Å². The van der Waals surface area contributed by atoms with Crippen molar-refractivity contribution in [2.75, 3.05) is 47.5 Å². The molecule has 0 rings (SSSR count). The van der Waals surface area contributed by atoms with Gasteiger partial charge < -0.3 is 33.3 Å². The Morgan fingerprint density at radius 3 is 0.860 bits per heavy atom. The summed E-state index contributed by atoms with van der Waals surface area (Å²) in [6.45, 7) is 4.52. The van der Waals surface area contributed by atoms with Crippen LogP contribution in [-0.2, 0) is 33.3 Å². The van der Waals surface area contributed by atoms with Gasteiger partial charge in [0, 0.05) is 12.8 Å². The maximum Gasteiger partial charge on any atom is 0.306 e. The Bertz CT molecular complexity index is 2090. The van der Waals surface area contributed by atoms with Gasteiger partial charge in [-0.25, -0.2) is 0 Å². The van der Waals surface area contributed by atoms with Crippen LogP contribution in [0.2, 0.25) is 0 Å². The lowest BCUT2D eigenvalue weighted by Crippen LogP contribution is -2.44. The monoisotopic (exact) mass is 1290 g/mol. The summed E-state index contributed by atoms with van der Waals surface area (Å²) in [4.78, 5) is 37.6. The summed E-state index contributed by atoms with van der Waals surface area (Å²) >= 11 is 0. The molecular weight excluding hydrogens is 1150 g/mol. The van der Waals surface area contributed by atoms with Gasteiger partial charge in [-0.1, -0.05) is 320 Å². The van der Waals surface area contributed by atoms with Gasteiger partial charge in [0.2, 0.25) is 0 Å². The topological polar surface area (TPSA) is 111 Å². The first-order valence-corrected chi connectivity index (χ1v) is 37.6. The Morgan fingerprint density at radius 1 is 0.323 bits per heavy atom. The van der Waals surface area contributed by atoms with E-state index in [9.17, 15) is 19.5 Å². The zero-order chi connectivity index (χ0) is 67.5. The second-order valence-corrected chi connectivity index (χ2v) is 25.8. The predicted octanol–water partition coefficient (Wildman–Crippen LogP) is 22.7. The minimum absolute atomic E-state index is 0.140. The lowest BCUT2D eigenvalue weighted by molar-refractivity contribution is -0.870. The highest BCUT2D eigenvalue weighted by atomic mass is 16.7. The first-order valence-electron chi connectivity index (χ1n) is 37.6. The fourth-order valence-electron chi connectivity index (χ4n) is 10.1. The largest absolute Gasteiger partial charge is 0.545 e. The summed E-state index contributed by atoms with van der Waals surface area (Å²) in [6, 6.07) is 0. The molecule has 0 aliphatic rings. The third-order valence-corrected chi connectivity index (χ3v) is 15.8. The minimum atomic E-state index is -1.63. The van der Waals surface area contributed by atoms with Gasteiger partial charge in [0.1, 0.15) is 13.2 Å². The fraction of sp³-hybridized carbons (Fsp3) is 0.655. The third-order valence-electron chi connectivity index (χ3n) is 15.8. The number of likely N-dealkylation sites (N-methyl/N-ethyl adjacent to an activating group) is 1. The molecule has 0 fully saturated rings. The van der Waals surface area contributed by atoms with Gasteiger partial charge in [-0.3, -0.25) is 9.59 Å². The van der Waals surface area contributed by atoms with E-state index in [1.807, 2.05) is 21.1 Å².